The minimum Gasteiger partial charge on any atom is -0.503 e. The van der Waals surface area contributed by atoms with E-state index in [9.17, 15) is 14.7 Å². The maximum absolute atomic E-state index is 12.8. The third-order valence-corrected chi connectivity index (χ3v) is 4.29. The molecule has 5 heteroatoms. The largest absolute Gasteiger partial charge is 0.503 e. The van der Waals surface area contributed by atoms with Crippen LogP contribution in [0.1, 0.15) is 24.9 Å². The van der Waals surface area contributed by atoms with Gasteiger partial charge in [-0.15, -0.1) is 0 Å². The Hall–Kier alpha value is -3.08. The molecule has 1 unspecified atom stereocenters. The average Bonchev–Trinajstić information content (AvgIpc) is 2.93. The number of carbonyl (C=O) groups excluding carboxylic acids is 2. The SMILES string of the molecule is CCC(=O)C1=C(O)C(=O)N(c2ccccc2OC)C1c1ccccc1. The number of nitrogens with zero attached hydrogens (tertiary/aromatic N) is 1. The fraction of sp³-hybridized carbons (Fsp3) is 0.200. The van der Waals surface area contributed by atoms with Gasteiger partial charge in [-0.3, -0.25) is 14.5 Å². The molecule has 2 aromatic carbocycles. The van der Waals surface area contributed by atoms with Gasteiger partial charge in [-0.1, -0.05) is 49.4 Å². The van der Waals surface area contributed by atoms with Crippen molar-refractivity contribution in [3.8, 4) is 5.75 Å². The summed E-state index contributed by atoms with van der Waals surface area (Å²) in [5.74, 6) is -0.853. The number of benzene rings is 2. The molecule has 0 fully saturated rings. The van der Waals surface area contributed by atoms with Crippen LogP contribution in [0.15, 0.2) is 65.9 Å². The van der Waals surface area contributed by atoms with Gasteiger partial charge in [0.25, 0.3) is 5.91 Å². The molecule has 1 amide bonds. The number of Topliss-reactive ketones (excluding diaryl/α,β-unsaturated/α-hetero) is 1. The van der Waals surface area contributed by atoms with Gasteiger partial charge in [-0.25, -0.2) is 0 Å². The number of anilines is 1. The fourth-order valence-corrected chi connectivity index (χ4v) is 3.11. The third-order valence-electron chi connectivity index (χ3n) is 4.29. The summed E-state index contributed by atoms with van der Waals surface area (Å²) in [4.78, 5) is 26.7. The van der Waals surface area contributed by atoms with E-state index in [4.69, 9.17) is 4.74 Å². The molecule has 2 aromatic rings. The number of ketones is 1. The lowest BCUT2D eigenvalue weighted by Gasteiger charge is -2.28. The van der Waals surface area contributed by atoms with Gasteiger partial charge in [0.05, 0.1) is 24.4 Å². The molecule has 1 aliphatic heterocycles. The summed E-state index contributed by atoms with van der Waals surface area (Å²) >= 11 is 0. The smallest absolute Gasteiger partial charge is 0.294 e. The molecule has 0 radical (unpaired) electrons. The van der Waals surface area contributed by atoms with Gasteiger partial charge in [-0.05, 0) is 17.7 Å². The quantitative estimate of drug-likeness (QED) is 0.906. The minimum absolute atomic E-state index is 0.129. The molecule has 0 spiro atoms. The number of hydrogen-bond acceptors (Lipinski definition) is 4. The van der Waals surface area contributed by atoms with Crippen molar-refractivity contribution in [3.05, 3.63) is 71.5 Å². The molecule has 0 bridgehead atoms. The highest BCUT2D eigenvalue weighted by molar-refractivity contribution is 6.16. The van der Waals surface area contributed by atoms with Crippen LogP contribution >= 0.6 is 0 Å². The molecule has 1 N–H and O–H groups in total. The van der Waals surface area contributed by atoms with E-state index in [2.05, 4.69) is 0 Å². The van der Waals surface area contributed by atoms with E-state index >= 15 is 0 Å². The lowest BCUT2D eigenvalue weighted by Crippen LogP contribution is -2.31. The van der Waals surface area contributed by atoms with Crippen molar-refractivity contribution >= 4 is 17.4 Å². The van der Waals surface area contributed by atoms with E-state index in [1.165, 1.54) is 12.0 Å². The van der Waals surface area contributed by atoms with Crippen molar-refractivity contribution < 1.29 is 19.4 Å². The molecule has 1 heterocycles. The van der Waals surface area contributed by atoms with Crippen LogP contribution in [0, 0.1) is 0 Å². The monoisotopic (exact) mass is 337 g/mol. The van der Waals surface area contributed by atoms with Crippen LogP contribution < -0.4 is 9.64 Å². The summed E-state index contributed by atoms with van der Waals surface area (Å²) in [5, 5.41) is 10.4. The lowest BCUT2D eigenvalue weighted by molar-refractivity contribution is -0.118. The van der Waals surface area contributed by atoms with E-state index in [1.807, 2.05) is 30.3 Å². The van der Waals surface area contributed by atoms with Gasteiger partial charge >= 0.3 is 0 Å². The first-order valence-corrected chi connectivity index (χ1v) is 8.08. The van der Waals surface area contributed by atoms with Crippen molar-refractivity contribution in [1.82, 2.24) is 0 Å². The van der Waals surface area contributed by atoms with Crippen LogP contribution in [-0.2, 0) is 9.59 Å². The summed E-state index contributed by atoms with van der Waals surface area (Å²) in [6.07, 6.45) is 0.204. The number of para-hydroxylation sites is 2. The van der Waals surface area contributed by atoms with E-state index < -0.39 is 17.7 Å². The van der Waals surface area contributed by atoms with Crippen molar-refractivity contribution in [3.63, 3.8) is 0 Å². The van der Waals surface area contributed by atoms with Crippen LogP contribution in [0.2, 0.25) is 0 Å². The van der Waals surface area contributed by atoms with Gasteiger partial charge in [0.15, 0.2) is 11.5 Å². The predicted octanol–water partition coefficient (Wildman–Crippen LogP) is 3.57. The number of carbonyl (C=O) groups is 2. The van der Waals surface area contributed by atoms with Crippen molar-refractivity contribution in [2.24, 2.45) is 0 Å². The molecule has 25 heavy (non-hydrogen) atoms. The summed E-state index contributed by atoms with van der Waals surface area (Å²) in [7, 11) is 1.52. The Balaban J connectivity index is 2.21. The topological polar surface area (TPSA) is 66.8 Å². The van der Waals surface area contributed by atoms with Gasteiger partial charge in [-0.2, -0.15) is 0 Å². The molecule has 3 rings (SSSR count). The van der Waals surface area contributed by atoms with Crippen molar-refractivity contribution in [2.45, 2.75) is 19.4 Å². The van der Waals surface area contributed by atoms with Gasteiger partial charge in [0, 0.05) is 6.42 Å². The van der Waals surface area contributed by atoms with Crippen LogP contribution in [0.3, 0.4) is 0 Å². The van der Waals surface area contributed by atoms with Crippen LogP contribution in [-0.4, -0.2) is 23.9 Å². The molecule has 0 saturated carbocycles. The van der Waals surface area contributed by atoms with Gasteiger partial charge in [0.2, 0.25) is 0 Å². The molecule has 1 aliphatic rings. The number of methoxy groups -OCH3 is 1. The van der Waals surface area contributed by atoms with Crippen molar-refractivity contribution in [1.29, 1.82) is 0 Å². The summed E-state index contributed by atoms with van der Waals surface area (Å²) in [5.41, 5.74) is 1.39. The molecule has 0 aliphatic carbocycles. The van der Waals surface area contributed by atoms with Gasteiger partial charge in [0.1, 0.15) is 5.75 Å². The second-order valence-corrected chi connectivity index (χ2v) is 5.70. The summed E-state index contributed by atoms with van der Waals surface area (Å²) in [6, 6.07) is 15.6. The average molecular weight is 337 g/mol. The first-order valence-electron chi connectivity index (χ1n) is 8.08. The summed E-state index contributed by atoms with van der Waals surface area (Å²) in [6.45, 7) is 1.71. The molecule has 1 atom stereocenters. The molecule has 5 nitrogen and oxygen atoms in total. The van der Waals surface area contributed by atoms with Gasteiger partial charge < -0.3 is 9.84 Å². The molecule has 0 saturated heterocycles. The first-order chi connectivity index (χ1) is 12.1. The van der Waals surface area contributed by atoms with Crippen LogP contribution in [0.4, 0.5) is 5.69 Å². The number of rotatable bonds is 5. The zero-order valence-electron chi connectivity index (χ0n) is 14.1. The fourth-order valence-electron chi connectivity index (χ4n) is 3.11. The molecular formula is C20H19NO4. The van der Waals surface area contributed by atoms with E-state index in [1.54, 1.807) is 31.2 Å². The normalized spacial score (nSPS) is 17.1. The Bertz CT molecular complexity index is 842. The number of aliphatic hydroxyl groups is 1. The third kappa shape index (κ3) is 2.78. The highest BCUT2D eigenvalue weighted by atomic mass is 16.5. The predicted molar refractivity (Wildman–Crippen MR) is 94.6 cm³/mol. The van der Waals surface area contributed by atoms with E-state index in [0.717, 1.165) is 5.56 Å². The summed E-state index contributed by atoms with van der Waals surface area (Å²) < 4.78 is 5.37. The van der Waals surface area contributed by atoms with Crippen molar-refractivity contribution in [2.75, 3.05) is 12.0 Å². The van der Waals surface area contributed by atoms with E-state index in [0.29, 0.717) is 11.4 Å². The minimum atomic E-state index is -0.683. The second kappa shape index (κ2) is 6.81. The molecule has 128 valence electrons. The lowest BCUT2D eigenvalue weighted by atomic mass is 9.95. The number of aliphatic hydroxyl groups excluding tert-OH is 1. The molecular weight excluding hydrogens is 318 g/mol. The number of amides is 1. The Morgan fingerprint density at radius 1 is 1.12 bits per heavy atom. The highest BCUT2D eigenvalue weighted by Gasteiger charge is 2.44. The second-order valence-electron chi connectivity index (χ2n) is 5.70. The highest BCUT2D eigenvalue weighted by Crippen LogP contribution is 2.44. The Kier molecular flexibility index (Phi) is 4.57. The zero-order chi connectivity index (χ0) is 18.0. The Morgan fingerprint density at radius 2 is 1.76 bits per heavy atom. The Morgan fingerprint density at radius 3 is 2.40 bits per heavy atom. The standard InChI is InChI=1S/C20H19NO4/c1-3-15(22)17-18(13-9-5-4-6-10-13)21(20(24)19(17)23)14-11-7-8-12-16(14)25-2/h4-12,18,23H,3H2,1-2H3. The van der Waals surface area contributed by atoms with E-state index in [-0.39, 0.29) is 17.8 Å². The zero-order valence-corrected chi connectivity index (χ0v) is 14.1. The maximum atomic E-state index is 12.8. The first kappa shape index (κ1) is 16.8. The molecule has 0 aromatic heterocycles. The Labute approximate surface area is 146 Å². The maximum Gasteiger partial charge on any atom is 0.294 e. The van der Waals surface area contributed by atoms with Crippen LogP contribution in [0.25, 0.3) is 0 Å². The number of ether oxygens (including phenoxy) is 1. The number of hydrogen-bond donors (Lipinski definition) is 1. The van der Waals surface area contributed by atoms with Crippen LogP contribution in [0.5, 0.6) is 5.75 Å².